The number of hydrogen-bond donors (Lipinski definition) is 1. The van der Waals surface area contributed by atoms with Gasteiger partial charge >= 0.3 is 0 Å². The summed E-state index contributed by atoms with van der Waals surface area (Å²) in [5.41, 5.74) is 5.49. The second-order valence-corrected chi connectivity index (χ2v) is 2.38. The first-order chi connectivity index (χ1) is 6.36. The topological polar surface area (TPSA) is 77.6 Å². The normalized spacial score (nSPS) is 9.85. The maximum absolute atomic E-state index is 5.49. The van der Waals surface area contributed by atoms with Crippen molar-refractivity contribution in [2.75, 3.05) is 5.73 Å². The van der Waals surface area contributed by atoms with Gasteiger partial charge in [-0.3, -0.25) is 0 Å². The molecule has 5 nitrogen and oxygen atoms in total. The molecule has 2 aromatic rings. The second kappa shape index (κ2) is 3.14. The van der Waals surface area contributed by atoms with E-state index in [1.165, 1.54) is 0 Å². The molecule has 0 aliphatic rings. The molecule has 0 saturated carbocycles. The summed E-state index contributed by atoms with van der Waals surface area (Å²) in [6, 6.07) is 3.35. The monoisotopic (exact) mass is 173 g/mol. The predicted octanol–water partition coefficient (Wildman–Crippen LogP) is 0.516. The van der Waals surface area contributed by atoms with Crippen LogP contribution in [0.2, 0.25) is 0 Å². The van der Waals surface area contributed by atoms with Crippen LogP contribution in [0, 0.1) is 0 Å². The molecule has 13 heavy (non-hydrogen) atoms. The number of anilines is 1. The Morgan fingerprint density at radius 3 is 2.31 bits per heavy atom. The van der Waals surface area contributed by atoms with Crippen LogP contribution in [0.5, 0.6) is 0 Å². The van der Waals surface area contributed by atoms with E-state index in [-0.39, 0.29) is 0 Å². The Kier molecular flexibility index (Phi) is 1.84. The van der Waals surface area contributed by atoms with Gasteiger partial charge in [0.2, 0.25) is 0 Å². The summed E-state index contributed by atoms with van der Waals surface area (Å²) in [6.07, 6.45) is 4.85. The van der Waals surface area contributed by atoms with Crippen molar-refractivity contribution < 1.29 is 0 Å². The van der Waals surface area contributed by atoms with Crippen LogP contribution >= 0.6 is 0 Å². The molecule has 2 rings (SSSR count). The molecule has 64 valence electrons. The minimum atomic E-state index is 0.414. The van der Waals surface area contributed by atoms with E-state index in [2.05, 4.69) is 19.9 Å². The van der Waals surface area contributed by atoms with Crippen LogP contribution in [0.25, 0.3) is 11.6 Å². The van der Waals surface area contributed by atoms with E-state index in [0.29, 0.717) is 17.5 Å². The maximum Gasteiger partial charge on any atom is 0.199 e. The number of nitrogens with two attached hydrogens (primary N) is 1. The maximum atomic E-state index is 5.49. The zero-order chi connectivity index (χ0) is 9.10. The fourth-order valence-corrected chi connectivity index (χ4v) is 0.895. The Bertz CT molecular complexity index is 400. The van der Waals surface area contributed by atoms with Crippen molar-refractivity contribution in [1.29, 1.82) is 0 Å². The van der Waals surface area contributed by atoms with Gasteiger partial charge in [-0.1, -0.05) is 0 Å². The van der Waals surface area contributed by atoms with Crippen LogP contribution < -0.4 is 5.73 Å². The zero-order valence-corrected chi connectivity index (χ0v) is 6.75. The highest BCUT2D eigenvalue weighted by Gasteiger charge is 2.02. The number of nitrogen functional groups attached to an aromatic ring is 1. The Morgan fingerprint density at radius 1 is 0.923 bits per heavy atom. The van der Waals surface area contributed by atoms with Crippen molar-refractivity contribution in [3.8, 4) is 11.6 Å². The Balaban J connectivity index is 2.48. The van der Waals surface area contributed by atoms with Crippen LogP contribution in [-0.4, -0.2) is 19.9 Å². The lowest BCUT2D eigenvalue weighted by Gasteiger charge is -1.97. The molecule has 2 N–H and O–H groups in total. The van der Waals surface area contributed by atoms with E-state index in [9.17, 15) is 0 Å². The Morgan fingerprint density at radius 2 is 1.62 bits per heavy atom. The van der Waals surface area contributed by atoms with Crippen LogP contribution in [0.4, 0.5) is 5.82 Å². The van der Waals surface area contributed by atoms with Crippen molar-refractivity contribution in [3.63, 3.8) is 0 Å². The molecular weight excluding hydrogens is 166 g/mol. The Hall–Kier alpha value is -2.04. The van der Waals surface area contributed by atoms with E-state index >= 15 is 0 Å². The third kappa shape index (κ3) is 1.58. The fourth-order valence-electron chi connectivity index (χ4n) is 0.895. The predicted molar refractivity (Wildman–Crippen MR) is 47.5 cm³/mol. The molecule has 5 heteroatoms. The summed E-state index contributed by atoms with van der Waals surface area (Å²) in [7, 11) is 0. The molecule has 0 fully saturated rings. The van der Waals surface area contributed by atoms with Gasteiger partial charge in [-0.15, -0.1) is 0 Å². The first kappa shape index (κ1) is 7.60. The third-order valence-corrected chi connectivity index (χ3v) is 1.44. The average molecular weight is 173 g/mol. The van der Waals surface area contributed by atoms with Gasteiger partial charge < -0.3 is 5.73 Å². The van der Waals surface area contributed by atoms with Gasteiger partial charge in [-0.05, 0) is 12.1 Å². The van der Waals surface area contributed by atoms with Crippen molar-refractivity contribution in [2.24, 2.45) is 0 Å². The molecule has 0 bridgehead atoms. The van der Waals surface area contributed by atoms with Gasteiger partial charge in [0, 0.05) is 18.6 Å². The minimum absolute atomic E-state index is 0.414. The lowest BCUT2D eigenvalue weighted by atomic mass is 10.5. The van der Waals surface area contributed by atoms with Crippen molar-refractivity contribution >= 4 is 5.82 Å². The quantitative estimate of drug-likeness (QED) is 0.680. The highest BCUT2D eigenvalue weighted by Crippen LogP contribution is 2.07. The van der Waals surface area contributed by atoms with Gasteiger partial charge in [-0.25, -0.2) is 19.9 Å². The van der Waals surface area contributed by atoms with Crippen molar-refractivity contribution in [1.82, 2.24) is 19.9 Å². The highest BCUT2D eigenvalue weighted by molar-refractivity contribution is 5.45. The van der Waals surface area contributed by atoms with Crippen molar-refractivity contribution in [3.05, 3.63) is 30.7 Å². The summed E-state index contributed by atoms with van der Waals surface area (Å²) in [5, 5.41) is 0. The van der Waals surface area contributed by atoms with Gasteiger partial charge in [0.15, 0.2) is 11.6 Å². The van der Waals surface area contributed by atoms with E-state index < -0.39 is 0 Å². The standard InChI is InChI=1S/C8H7N5/c9-6-2-5-12-8(13-6)7-10-3-1-4-11-7/h1-5H,(H2,9,12,13). The highest BCUT2D eigenvalue weighted by atomic mass is 15.0. The van der Waals surface area contributed by atoms with E-state index in [1.54, 1.807) is 30.7 Å². The smallest absolute Gasteiger partial charge is 0.199 e. The molecule has 0 spiro atoms. The lowest BCUT2D eigenvalue weighted by molar-refractivity contribution is 1.08. The van der Waals surface area contributed by atoms with Crippen LogP contribution in [0.1, 0.15) is 0 Å². The molecule has 0 amide bonds. The molecule has 0 aliphatic heterocycles. The summed E-state index contributed by atoms with van der Waals surface area (Å²) in [5.74, 6) is 1.34. The summed E-state index contributed by atoms with van der Waals surface area (Å²) in [6.45, 7) is 0. The number of hydrogen-bond acceptors (Lipinski definition) is 5. The Labute approximate surface area is 74.7 Å². The van der Waals surface area contributed by atoms with Crippen molar-refractivity contribution in [2.45, 2.75) is 0 Å². The van der Waals surface area contributed by atoms with Gasteiger partial charge in [0.1, 0.15) is 5.82 Å². The largest absolute Gasteiger partial charge is 0.384 e. The minimum Gasteiger partial charge on any atom is -0.384 e. The first-order valence-electron chi connectivity index (χ1n) is 3.72. The zero-order valence-electron chi connectivity index (χ0n) is 6.75. The van der Waals surface area contributed by atoms with E-state index in [4.69, 9.17) is 5.73 Å². The molecule has 0 unspecified atom stereocenters. The average Bonchev–Trinajstić information content (AvgIpc) is 2.19. The lowest BCUT2D eigenvalue weighted by Crippen LogP contribution is -1.97. The molecule has 2 heterocycles. The van der Waals surface area contributed by atoms with Crippen LogP contribution in [-0.2, 0) is 0 Å². The number of nitrogens with zero attached hydrogens (tertiary/aromatic N) is 4. The molecule has 0 aliphatic carbocycles. The fraction of sp³-hybridized carbons (Fsp3) is 0. The molecule has 0 radical (unpaired) electrons. The number of aromatic nitrogens is 4. The molecular formula is C8H7N5. The SMILES string of the molecule is Nc1ccnc(-c2ncccn2)n1. The van der Waals surface area contributed by atoms with E-state index in [1.807, 2.05) is 0 Å². The van der Waals surface area contributed by atoms with Gasteiger partial charge in [-0.2, -0.15) is 0 Å². The van der Waals surface area contributed by atoms with Gasteiger partial charge in [0.05, 0.1) is 0 Å². The summed E-state index contributed by atoms with van der Waals surface area (Å²) in [4.78, 5) is 16.0. The van der Waals surface area contributed by atoms with Crippen LogP contribution in [0.15, 0.2) is 30.7 Å². The third-order valence-electron chi connectivity index (χ3n) is 1.44. The molecule has 0 atom stereocenters. The van der Waals surface area contributed by atoms with Gasteiger partial charge in [0.25, 0.3) is 0 Å². The van der Waals surface area contributed by atoms with E-state index in [0.717, 1.165) is 0 Å². The number of rotatable bonds is 1. The van der Waals surface area contributed by atoms with Crippen LogP contribution in [0.3, 0.4) is 0 Å². The molecule has 2 aromatic heterocycles. The molecule has 0 saturated heterocycles. The second-order valence-electron chi connectivity index (χ2n) is 2.38. The molecule has 0 aromatic carbocycles. The first-order valence-corrected chi connectivity index (χ1v) is 3.72. The summed E-state index contributed by atoms with van der Waals surface area (Å²) >= 11 is 0. The summed E-state index contributed by atoms with van der Waals surface area (Å²) < 4.78 is 0.